The minimum Gasteiger partial charge on any atom is -0.494 e. The fraction of sp³-hybridized carbons (Fsp3) is 0.364. The molecule has 0 aliphatic heterocycles. The molecule has 92 valence electrons. The van der Waals surface area contributed by atoms with Crippen molar-refractivity contribution in [3.63, 3.8) is 0 Å². The van der Waals surface area contributed by atoms with E-state index in [2.05, 4.69) is 0 Å². The Morgan fingerprint density at radius 1 is 1.53 bits per heavy atom. The molecular weight excluding hydrogens is 246 g/mol. The summed E-state index contributed by atoms with van der Waals surface area (Å²) in [7, 11) is 0. The first kappa shape index (κ1) is 13.4. The summed E-state index contributed by atoms with van der Waals surface area (Å²) in [6.45, 7) is 1.90. The van der Waals surface area contributed by atoms with Crippen LogP contribution in [-0.4, -0.2) is 17.3 Å². The lowest BCUT2D eigenvalue weighted by Gasteiger charge is -2.05. The van der Waals surface area contributed by atoms with Gasteiger partial charge in [-0.1, -0.05) is 11.6 Å². The molecule has 0 heterocycles. The molecule has 0 spiro atoms. The van der Waals surface area contributed by atoms with Gasteiger partial charge in [0.1, 0.15) is 16.6 Å². The lowest BCUT2D eigenvalue weighted by atomic mass is 10.2. The van der Waals surface area contributed by atoms with E-state index in [1.807, 2.05) is 0 Å². The molecule has 1 aromatic rings. The Balaban J connectivity index is 2.53. The molecule has 0 aliphatic rings. The first-order valence-corrected chi connectivity index (χ1v) is 5.44. The molecule has 5 nitrogen and oxygen atoms in total. The average Bonchev–Trinajstić information content (AvgIpc) is 2.23. The Hall–Kier alpha value is -1.62. The van der Waals surface area contributed by atoms with Crippen LogP contribution in [0.5, 0.6) is 5.75 Å². The number of ether oxygens (including phenoxy) is 1. The molecule has 0 unspecified atom stereocenters. The van der Waals surface area contributed by atoms with E-state index in [0.29, 0.717) is 25.2 Å². The van der Waals surface area contributed by atoms with Crippen molar-refractivity contribution in [3.8, 4) is 5.75 Å². The molecule has 0 aromatic heterocycles. The van der Waals surface area contributed by atoms with E-state index in [4.69, 9.17) is 16.3 Å². The Bertz CT molecular complexity index is 433. The van der Waals surface area contributed by atoms with Crippen molar-refractivity contribution >= 4 is 23.1 Å². The summed E-state index contributed by atoms with van der Waals surface area (Å²) in [6, 6.07) is 4.17. The van der Waals surface area contributed by atoms with E-state index in [9.17, 15) is 14.9 Å². The second kappa shape index (κ2) is 6.20. The molecule has 0 radical (unpaired) electrons. The van der Waals surface area contributed by atoms with Crippen LogP contribution in [0.2, 0.25) is 5.02 Å². The van der Waals surface area contributed by atoms with Gasteiger partial charge in [0.05, 0.1) is 11.5 Å². The summed E-state index contributed by atoms with van der Waals surface area (Å²) in [5, 5.41) is 10.6. The highest BCUT2D eigenvalue weighted by molar-refractivity contribution is 6.32. The van der Waals surface area contributed by atoms with Crippen LogP contribution in [0.4, 0.5) is 5.69 Å². The molecule has 0 amide bonds. The maximum Gasteiger partial charge on any atom is 0.288 e. The minimum absolute atomic E-state index is 0.0408. The highest BCUT2D eigenvalue weighted by Crippen LogP contribution is 2.28. The molecule has 6 heteroatoms. The van der Waals surface area contributed by atoms with Crippen molar-refractivity contribution in [1.82, 2.24) is 0 Å². The summed E-state index contributed by atoms with van der Waals surface area (Å²) in [6.07, 6.45) is 1.07. The lowest BCUT2D eigenvalue weighted by Crippen LogP contribution is -2.00. The van der Waals surface area contributed by atoms with E-state index in [0.717, 1.165) is 0 Å². The first-order chi connectivity index (χ1) is 8.00. The SMILES string of the molecule is CC(=O)CCCOc1ccc([N+](=O)[O-])c(Cl)c1. The number of carbonyl (C=O) groups is 1. The zero-order valence-corrected chi connectivity index (χ0v) is 10.1. The normalized spacial score (nSPS) is 10.0. The van der Waals surface area contributed by atoms with Crippen LogP contribution in [0.15, 0.2) is 18.2 Å². The molecule has 1 rings (SSSR count). The summed E-state index contributed by atoms with van der Waals surface area (Å²) in [5.74, 6) is 0.569. The van der Waals surface area contributed by atoms with Crippen LogP contribution < -0.4 is 4.74 Å². The van der Waals surface area contributed by atoms with Crippen LogP contribution in [0.3, 0.4) is 0 Å². The molecular formula is C11H12ClNO4. The van der Waals surface area contributed by atoms with Gasteiger partial charge >= 0.3 is 0 Å². The second-order valence-electron chi connectivity index (χ2n) is 3.52. The van der Waals surface area contributed by atoms with E-state index >= 15 is 0 Å². The number of ketones is 1. The molecule has 0 saturated carbocycles. The predicted molar refractivity (Wildman–Crippen MR) is 63.5 cm³/mol. The van der Waals surface area contributed by atoms with Gasteiger partial charge in [0, 0.05) is 18.6 Å². The Labute approximate surface area is 103 Å². The molecule has 0 bridgehead atoms. The third-order valence-corrected chi connectivity index (χ3v) is 2.36. The molecule has 0 N–H and O–H groups in total. The van der Waals surface area contributed by atoms with E-state index in [-0.39, 0.29) is 16.5 Å². The number of rotatable bonds is 6. The number of benzene rings is 1. The van der Waals surface area contributed by atoms with E-state index < -0.39 is 4.92 Å². The standard InChI is InChI=1S/C11H12ClNO4/c1-8(14)3-2-6-17-9-4-5-11(13(15)16)10(12)7-9/h4-5,7H,2-3,6H2,1H3. The topological polar surface area (TPSA) is 69.4 Å². The highest BCUT2D eigenvalue weighted by Gasteiger charge is 2.12. The van der Waals surface area contributed by atoms with Crippen molar-refractivity contribution in [2.24, 2.45) is 0 Å². The molecule has 1 aromatic carbocycles. The fourth-order valence-electron chi connectivity index (χ4n) is 1.24. The van der Waals surface area contributed by atoms with Crippen molar-refractivity contribution < 1.29 is 14.5 Å². The van der Waals surface area contributed by atoms with Gasteiger partial charge in [0.2, 0.25) is 0 Å². The minimum atomic E-state index is -0.554. The van der Waals surface area contributed by atoms with Crippen LogP contribution >= 0.6 is 11.6 Å². The zero-order valence-electron chi connectivity index (χ0n) is 9.31. The monoisotopic (exact) mass is 257 g/mol. The highest BCUT2D eigenvalue weighted by atomic mass is 35.5. The van der Waals surface area contributed by atoms with Crippen molar-refractivity contribution in [2.45, 2.75) is 19.8 Å². The number of halogens is 1. The summed E-state index contributed by atoms with van der Waals surface area (Å²) in [5.41, 5.74) is -0.150. The number of Topliss-reactive ketones (excluding diaryl/α,β-unsaturated/α-hetero) is 1. The molecule has 0 atom stereocenters. The predicted octanol–water partition coefficient (Wildman–Crippen LogP) is 3.00. The number of carbonyl (C=O) groups excluding carboxylic acids is 1. The van der Waals surface area contributed by atoms with Gasteiger partial charge < -0.3 is 9.53 Å². The maximum atomic E-state index is 10.7. The van der Waals surface area contributed by atoms with Crippen LogP contribution in [-0.2, 0) is 4.79 Å². The molecule has 0 saturated heterocycles. The van der Waals surface area contributed by atoms with Crippen molar-refractivity contribution in [2.75, 3.05) is 6.61 Å². The van der Waals surface area contributed by atoms with E-state index in [1.165, 1.54) is 25.1 Å². The third kappa shape index (κ3) is 4.40. The van der Waals surface area contributed by atoms with Gasteiger partial charge in [-0.05, 0) is 19.4 Å². The van der Waals surface area contributed by atoms with Gasteiger partial charge in [-0.25, -0.2) is 0 Å². The summed E-state index contributed by atoms with van der Waals surface area (Å²) < 4.78 is 5.31. The molecule has 0 aliphatic carbocycles. The summed E-state index contributed by atoms with van der Waals surface area (Å²) >= 11 is 5.71. The number of hydrogen-bond acceptors (Lipinski definition) is 4. The summed E-state index contributed by atoms with van der Waals surface area (Å²) in [4.78, 5) is 20.6. The number of hydrogen-bond donors (Lipinski definition) is 0. The third-order valence-electron chi connectivity index (χ3n) is 2.06. The van der Waals surface area contributed by atoms with Crippen molar-refractivity contribution in [3.05, 3.63) is 33.3 Å². The quantitative estimate of drug-likeness (QED) is 0.446. The van der Waals surface area contributed by atoms with Crippen LogP contribution in [0, 0.1) is 10.1 Å². The van der Waals surface area contributed by atoms with Gasteiger partial charge in [-0.3, -0.25) is 10.1 Å². The zero-order chi connectivity index (χ0) is 12.8. The van der Waals surface area contributed by atoms with Crippen LogP contribution in [0.25, 0.3) is 0 Å². The van der Waals surface area contributed by atoms with Gasteiger partial charge in [0.25, 0.3) is 5.69 Å². The smallest absolute Gasteiger partial charge is 0.288 e. The number of nitro groups is 1. The maximum absolute atomic E-state index is 10.7. The fourth-order valence-corrected chi connectivity index (χ4v) is 1.48. The largest absolute Gasteiger partial charge is 0.494 e. The first-order valence-electron chi connectivity index (χ1n) is 5.07. The number of nitro benzene ring substituents is 1. The average molecular weight is 258 g/mol. The Morgan fingerprint density at radius 3 is 2.76 bits per heavy atom. The lowest BCUT2D eigenvalue weighted by molar-refractivity contribution is -0.384. The molecule has 0 fully saturated rings. The number of nitrogens with zero attached hydrogens (tertiary/aromatic N) is 1. The second-order valence-corrected chi connectivity index (χ2v) is 3.93. The molecule has 17 heavy (non-hydrogen) atoms. The van der Waals surface area contributed by atoms with Crippen molar-refractivity contribution in [1.29, 1.82) is 0 Å². The Morgan fingerprint density at radius 2 is 2.24 bits per heavy atom. The van der Waals surface area contributed by atoms with Gasteiger partial charge in [0.15, 0.2) is 0 Å². The Kier molecular flexibility index (Phi) is 4.90. The van der Waals surface area contributed by atoms with Gasteiger partial charge in [-0.15, -0.1) is 0 Å². The van der Waals surface area contributed by atoms with Crippen LogP contribution in [0.1, 0.15) is 19.8 Å². The van der Waals surface area contributed by atoms with E-state index in [1.54, 1.807) is 0 Å². The van der Waals surface area contributed by atoms with Gasteiger partial charge in [-0.2, -0.15) is 0 Å².